The number of nitrogens with two attached hydrogens (primary N) is 1. The van der Waals surface area contributed by atoms with E-state index in [1.807, 2.05) is 4.90 Å². The predicted molar refractivity (Wildman–Crippen MR) is 168 cm³/mol. The average Bonchev–Trinajstić information content (AvgIpc) is 3.79. The van der Waals surface area contributed by atoms with E-state index >= 15 is 4.39 Å². The summed E-state index contributed by atoms with van der Waals surface area (Å²) in [6.45, 7) is 2.12. The number of carbonyl (C=O) groups excluding carboxylic acids is 1. The highest BCUT2D eigenvalue weighted by molar-refractivity contribution is 7.22. The Morgan fingerprint density at radius 2 is 1.85 bits per heavy atom. The highest BCUT2D eigenvalue weighted by atomic mass is 32.1. The Morgan fingerprint density at radius 1 is 1.06 bits per heavy atom. The van der Waals surface area contributed by atoms with Crippen LogP contribution in [0.15, 0.2) is 18.2 Å². The molecule has 2 atom stereocenters. The molecule has 8 rings (SSSR count). The molecule has 4 aliphatic rings. The number of halogens is 6. The Labute approximate surface area is 274 Å². The largest absolute Gasteiger partial charge is 0.461 e. The van der Waals surface area contributed by atoms with Crippen molar-refractivity contribution in [2.24, 2.45) is 5.41 Å². The van der Waals surface area contributed by atoms with Crippen LogP contribution in [-0.2, 0) is 11.0 Å². The Kier molecular flexibility index (Phi) is 7.22. The maximum Gasteiger partial charge on any atom is 0.417 e. The molecule has 1 amide bonds. The van der Waals surface area contributed by atoms with Crippen LogP contribution in [0.1, 0.15) is 44.1 Å². The lowest BCUT2D eigenvalue weighted by Crippen LogP contribution is -2.44. The fourth-order valence-electron chi connectivity index (χ4n) is 8.16. The van der Waals surface area contributed by atoms with E-state index in [1.54, 1.807) is 4.90 Å². The molecule has 254 valence electrons. The number of alkyl halides is 4. The maximum absolute atomic E-state index is 16.9. The van der Waals surface area contributed by atoms with E-state index in [1.165, 1.54) is 0 Å². The van der Waals surface area contributed by atoms with Crippen molar-refractivity contribution in [2.75, 3.05) is 50.0 Å². The number of amides is 1. The molecule has 0 unspecified atom stereocenters. The summed E-state index contributed by atoms with van der Waals surface area (Å²) in [5.41, 5.74) is 1.56. The molecule has 2 aromatic carbocycles. The van der Waals surface area contributed by atoms with Crippen LogP contribution >= 0.6 is 11.3 Å². The van der Waals surface area contributed by atoms with Gasteiger partial charge >= 0.3 is 12.2 Å². The Hall–Kier alpha value is -3.92. The molecule has 6 heterocycles. The fourth-order valence-corrected chi connectivity index (χ4v) is 8.93. The summed E-state index contributed by atoms with van der Waals surface area (Å²) in [4.78, 5) is 29.3. The zero-order valence-corrected chi connectivity index (χ0v) is 26.4. The molecule has 1 spiro atoms. The summed E-state index contributed by atoms with van der Waals surface area (Å²) in [6.07, 6.45) is -2.75. The van der Waals surface area contributed by atoms with Crippen LogP contribution < -0.4 is 20.7 Å². The third kappa shape index (κ3) is 4.92. The highest BCUT2D eigenvalue weighted by Gasteiger charge is 2.50. The number of fused-ring (bicyclic) bond motifs is 3. The van der Waals surface area contributed by atoms with Crippen LogP contribution in [0.4, 0.5) is 37.3 Å². The molecule has 0 radical (unpaired) electrons. The number of anilines is 2. The number of thiazole rings is 1. The number of aromatic nitrogens is 3. The lowest BCUT2D eigenvalue weighted by Gasteiger charge is -2.38. The first-order valence-corrected chi connectivity index (χ1v) is 16.7. The summed E-state index contributed by atoms with van der Waals surface area (Å²) in [7, 11) is 0. The van der Waals surface area contributed by atoms with Gasteiger partial charge in [-0.05, 0) is 56.8 Å². The van der Waals surface area contributed by atoms with Crippen molar-refractivity contribution in [2.45, 2.75) is 56.4 Å². The van der Waals surface area contributed by atoms with Gasteiger partial charge in [0.15, 0.2) is 10.9 Å². The molecule has 4 aliphatic heterocycles. The van der Waals surface area contributed by atoms with E-state index in [4.69, 9.17) is 10.5 Å². The zero-order valence-electron chi connectivity index (χ0n) is 25.6. The number of rotatable bonds is 5. The standard InChI is InChI=1S/C32H31F6N7O2S/c33-16-13-31(4-1-9-45(31)14-16)15-47-29-42-23-18(26(43-29)44-10-6-30(7-11-44)5-8-40-27(30)46)12-19(32(36,37)38)21(22(23)35)17-2-3-20(34)25-24(17)41-28(39)48-25/h2-3,12,16H,1,4-11,13-15H2,(H2,39,41)(H,40,46)/t16-,31+/m1/s1. The third-order valence-electron chi connectivity index (χ3n) is 10.6. The van der Waals surface area contributed by atoms with E-state index in [0.29, 0.717) is 38.8 Å². The number of benzene rings is 2. The van der Waals surface area contributed by atoms with Gasteiger partial charge in [-0.2, -0.15) is 23.1 Å². The number of ether oxygens (including phenoxy) is 1. The van der Waals surface area contributed by atoms with Gasteiger partial charge < -0.3 is 20.7 Å². The first-order chi connectivity index (χ1) is 22.9. The zero-order chi connectivity index (χ0) is 33.6. The quantitative estimate of drug-likeness (QED) is 0.251. The Bertz CT molecular complexity index is 1960. The van der Waals surface area contributed by atoms with E-state index in [0.717, 1.165) is 36.0 Å². The molecule has 0 saturated carbocycles. The van der Waals surface area contributed by atoms with Crippen LogP contribution in [0, 0.1) is 17.0 Å². The molecule has 2 aromatic heterocycles. The molecule has 16 heteroatoms. The van der Waals surface area contributed by atoms with Crippen molar-refractivity contribution in [1.29, 1.82) is 0 Å². The normalized spacial score (nSPS) is 24.2. The molecule has 9 nitrogen and oxygen atoms in total. The van der Waals surface area contributed by atoms with Crippen LogP contribution in [-0.4, -0.2) is 76.8 Å². The van der Waals surface area contributed by atoms with Crippen molar-refractivity contribution >= 4 is 49.3 Å². The monoisotopic (exact) mass is 691 g/mol. The van der Waals surface area contributed by atoms with E-state index in [9.17, 15) is 26.7 Å². The first kappa shape index (κ1) is 31.4. The summed E-state index contributed by atoms with van der Waals surface area (Å²) < 4.78 is 96.5. The fraction of sp³-hybridized carbons (Fsp3) is 0.500. The topological polar surface area (TPSA) is 110 Å². The highest BCUT2D eigenvalue weighted by Crippen LogP contribution is 2.47. The van der Waals surface area contributed by atoms with Crippen molar-refractivity contribution < 1.29 is 35.9 Å². The van der Waals surface area contributed by atoms with Crippen LogP contribution in [0.5, 0.6) is 6.01 Å². The minimum Gasteiger partial charge on any atom is -0.461 e. The Morgan fingerprint density at radius 3 is 2.58 bits per heavy atom. The van der Waals surface area contributed by atoms with Crippen LogP contribution in [0.25, 0.3) is 32.2 Å². The molecule has 0 bridgehead atoms. The number of hydrogen-bond acceptors (Lipinski definition) is 9. The Balaban J connectivity index is 1.29. The van der Waals surface area contributed by atoms with Gasteiger partial charge in [0.2, 0.25) is 5.91 Å². The second-order valence-electron chi connectivity index (χ2n) is 13.3. The van der Waals surface area contributed by atoms with Crippen molar-refractivity contribution in [3.05, 3.63) is 35.4 Å². The SMILES string of the molecule is Nc1nc2c(-c3c(C(F)(F)F)cc4c(N5CCC6(CCNC6=O)CC5)nc(OC[C@@]56CCCN5C[C@H](F)C6)nc4c3F)ccc(F)c2s1. The third-order valence-corrected chi connectivity index (χ3v) is 11.5. The average molecular weight is 692 g/mol. The molecular formula is C32H31F6N7O2S. The second kappa shape index (κ2) is 11.1. The smallest absolute Gasteiger partial charge is 0.417 e. The number of carbonyl (C=O) groups is 1. The van der Waals surface area contributed by atoms with Gasteiger partial charge in [0.05, 0.1) is 26.7 Å². The maximum atomic E-state index is 16.9. The van der Waals surface area contributed by atoms with Crippen molar-refractivity contribution in [3.8, 4) is 17.1 Å². The molecular weight excluding hydrogens is 660 g/mol. The van der Waals surface area contributed by atoms with E-state index in [-0.39, 0.29) is 76.7 Å². The summed E-state index contributed by atoms with van der Waals surface area (Å²) in [5.74, 6) is -2.07. The summed E-state index contributed by atoms with van der Waals surface area (Å²) in [6, 6.07) is 2.56. The molecule has 4 aromatic rings. The molecule has 4 fully saturated rings. The number of nitrogen functional groups attached to an aromatic ring is 1. The van der Waals surface area contributed by atoms with Gasteiger partial charge in [0, 0.05) is 49.1 Å². The number of nitrogens with one attached hydrogen (secondary N) is 1. The predicted octanol–water partition coefficient (Wildman–Crippen LogP) is 5.85. The molecule has 3 N–H and O–H groups in total. The van der Waals surface area contributed by atoms with Gasteiger partial charge in [-0.1, -0.05) is 11.3 Å². The lowest BCUT2D eigenvalue weighted by molar-refractivity contribution is -0.137. The molecule has 48 heavy (non-hydrogen) atoms. The number of piperidine rings is 1. The summed E-state index contributed by atoms with van der Waals surface area (Å²) in [5, 5.41) is 2.58. The lowest BCUT2D eigenvalue weighted by atomic mass is 9.77. The van der Waals surface area contributed by atoms with E-state index in [2.05, 4.69) is 20.3 Å². The second-order valence-corrected chi connectivity index (χ2v) is 14.3. The van der Waals surface area contributed by atoms with Gasteiger partial charge in [0.1, 0.15) is 29.9 Å². The van der Waals surface area contributed by atoms with Gasteiger partial charge in [-0.3, -0.25) is 9.69 Å². The number of hydrogen-bond donors (Lipinski definition) is 2. The molecule has 4 saturated heterocycles. The minimum atomic E-state index is -5.04. The van der Waals surface area contributed by atoms with Crippen molar-refractivity contribution in [1.82, 2.24) is 25.2 Å². The first-order valence-electron chi connectivity index (χ1n) is 15.9. The summed E-state index contributed by atoms with van der Waals surface area (Å²) >= 11 is 0.744. The van der Waals surface area contributed by atoms with Gasteiger partial charge in [-0.25, -0.2) is 18.2 Å². The molecule has 0 aliphatic carbocycles. The van der Waals surface area contributed by atoms with Crippen LogP contribution in [0.2, 0.25) is 0 Å². The van der Waals surface area contributed by atoms with Gasteiger partial charge in [-0.15, -0.1) is 0 Å². The van der Waals surface area contributed by atoms with Crippen LogP contribution in [0.3, 0.4) is 0 Å². The number of nitrogens with zero attached hydrogens (tertiary/aromatic N) is 5. The van der Waals surface area contributed by atoms with Gasteiger partial charge in [0.25, 0.3) is 0 Å². The minimum absolute atomic E-state index is 0.0213. The van der Waals surface area contributed by atoms with Crippen molar-refractivity contribution in [3.63, 3.8) is 0 Å². The van der Waals surface area contributed by atoms with E-state index < -0.39 is 51.6 Å².